The van der Waals surface area contributed by atoms with Crippen LogP contribution < -0.4 is 5.31 Å². The van der Waals surface area contributed by atoms with Crippen LogP contribution in [-0.2, 0) is 4.74 Å². The summed E-state index contributed by atoms with van der Waals surface area (Å²) in [5.41, 5.74) is -0.148. The van der Waals surface area contributed by atoms with Gasteiger partial charge in [-0.25, -0.2) is 0 Å². The zero-order valence-electron chi connectivity index (χ0n) is 14.3. The van der Waals surface area contributed by atoms with Crippen molar-refractivity contribution in [1.29, 1.82) is 0 Å². The summed E-state index contributed by atoms with van der Waals surface area (Å²) in [6.07, 6.45) is 3.43. The van der Waals surface area contributed by atoms with Gasteiger partial charge in [0.1, 0.15) is 1.41 Å². The Morgan fingerprint density at radius 2 is 1.83 bits per heavy atom. The number of ether oxygens (including phenoxy) is 1. The fourth-order valence-corrected chi connectivity index (χ4v) is 3.29. The molecule has 0 spiro atoms. The highest BCUT2D eigenvalue weighted by Crippen LogP contribution is 2.31. The third-order valence-corrected chi connectivity index (χ3v) is 3.98. The van der Waals surface area contributed by atoms with Crippen LogP contribution in [-0.4, -0.2) is 48.8 Å². The van der Waals surface area contributed by atoms with Crippen LogP contribution in [0, 0.1) is 0 Å². The van der Waals surface area contributed by atoms with Gasteiger partial charge in [-0.3, -0.25) is 0 Å². The summed E-state index contributed by atoms with van der Waals surface area (Å²) in [7, 11) is 3.99. The third kappa shape index (κ3) is 4.52. The molecule has 1 rings (SSSR count). The van der Waals surface area contributed by atoms with Crippen LogP contribution in [0.5, 0.6) is 0 Å². The molecule has 108 valence electrons. The van der Waals surface area contributed by atoms with Gasteiger partial charge in [-0.2, -0.15) is 0 Å². The number of likely N-dealkylation sites (N-methyl/N-ethyl adjacent to an activating group) is 1. The smallest absolute Gasteiger partial charge is 0.123 e. The fourth-order valence-electron chi connectivity index (χ4n) is 3.29. The van der Waals surface area contributed by atoms with Crippen molar-refractivity contribution in [3.8, 4) is 0 Å². The maximum Gasteiger partial charge on any atom is 0.123 e. The predicted octanol–water partition coefficient (Wildman–Crippen LogP) is 2.65. The Labute approximate surface area is 115 Å². The molecule has 0 aromatic carbocycles. The number of nitrogens with zero attached hydrogens (tertiary/aromatic N) is 1. The maximum absolute atomic E-state index is 8.31. The lowest BCUT2D eigenvalue weighted by Crippen LogP contribution is -2.62. The lowest BCUT2D eigenvalue weighted by Gasteiger charge is -2.49. The summed E-state index contributed by atoms with van der Waals surface area (Å²) in [6, 6.07) is 0.524. The van der Waals surface area contributed by atoms with Gasteiger partial charge in [-0.05, 0) is 54.0 Å². The number of hydrogen-bond donors (Lipinski definition) is 1. The van der Waals surface area contributed by atoms with Gasteiger partial charge in [-0.1, -0.05) is 6.92 Å². The van der Waals surface area contributed by atoms with Crippen molar-refractivity contribution in [3.05, 3.63) is 0 Å². The van der Waals surface area contributed by atoms with Gasteiger partial charge >= 0.3 is 0 Å². The van der Waals surface area contributed by atoms with Crippen molar-refractivity contribution in [2.24, 2.45) is 0 Å². The molecule has 1 atom stereocenters. The van der Waals surface area contributed by atoms with Gasteiger partial charge in [0, 0.05) is 30.8 Å². The Morgan fingerprint density at radius 3 is 2.22 bits per heavy atom. The van der Waals surface area contributed by atoms with Crippen molar-refractivity contribution in [2.45, 2.75) is 77.1 Å². The van der Waals surface area contributed by atoms with E-state index >= 15 is 0 Å². The Bertz CT molecular complexity index is 272. The summed E-state index contributed by atoms with van der Waals surface area (Å²) >= 11 is 0. The molecule has 0 amide bonds. The minimum atomic E-state index is -0.0739. The molecule has 0 saturated carbocycles. The maximum atomic E-state index is 8.31. The van der Waals surface area contributed by atoms with E-state index in [0.29, 0.717) is 12.1 Å². The van der Waals surface area contributed by atoms with Crippen LogP contribution in [0.3, 0.4) is 0 Å². The molecule has 1 unspecified atom stereocenters. The molecule has 0 bridgehead atoms. The van der Waals surface area contributed by atoms with Gasteiger partial charge in [0.25, 0.3) is 0 Å². The van der Waals surface area contributed by atoms with E-state index in [1.54, 1.807) is 12.4 Å². The second kappa shape index (κ2) is 5.89. The molecule has 1 aliphatic rings. The highest BCUT2D eigenvalue weighted by Gasteiger charge is 2.39. The number of hydrogen-bond acceptors (Lipinski definition) is 3. The Kier molecular flexibility index (Phi) is 4.68. The molecular formula is C15H32N2O. The topological polar surface area (TPSA) is 24.5 Å². The Balaban J connectivity index is 2.74. The summed E-state index contributed by atoms with van der Waals surface area (Å²) in [5, 5.41) is 1.79. The Hall–Kier alpha value is -0.120. The molecular weight excluding hydrogens is 224 g/mol. The average Bonchev–Trinajstić information content (AvgIpc) is 2.31. The monoisotopic (exact) mass is 258 g/mol. The molecule has 1 aliphatic heterocycles. The van der Waals surface area contributed by atoms with Crippen molar-refractivity contribution < 1.29 is 6.15 Å². The van der Waals surface area contributed by atoms with Gasteiger partial charge in [-0.15, -0.1) is 0 Å². The molecule has 1 heterocycles. The number of rotatable bonds is 5. The molecule has 0 aromatic rings. The standard InChI is InChI=1S/C15H32N2O/c1-8-13(18-7)11-17(6)12-9-14(2,3)16-15(4,5)10-12/h12-13,16H,8-11H2,1-7H3/i/hT. The highest BCUT2D eigenvalue weighted by molar-refractivity contribution is 4.99. The van der Waals surface area contributed by atoms with E-state index in [9.17, 15) is 0 Å². The molecule has 18 heavy (non-hydrogen) atoms. The first-order valence-electron chi connectivity index (χ1n) is 7.61. The average molecular weight is 258 g/mol. The van der Waals surface area contributed by atoms with Gasteiger partial charge in [0.05, 0.1) is 6.10 Å². The van der Waals surface area contributed by atoms with Gasteiger partial charge < -0.3 is 14.9 Å². The van der Waals surface area contributed by atoms with Gasteiger partial charge in [0.2, 0.25) is 0 Å². The number of methoxy groups -OCH3 is 1. The summed E-state index contributed by atoms with van der Waals surface area (Å²) in [6.45, 7) is 11.8. The van der Waals surface area contributed by atoms with Gasteiger partial charge in [0.15, 0.2) is 0 Å². The van der Waals surface area contributed by atoms with Crippen LogP contribution in [0.25, 0.3) is 0 Å². The fraction of sp³-hybridized carbons (Fsp3) is 1.00. The Morgan fingerprint density at radius 1 is 1.33 bits per heavy atom. The van der Waals surface area contributed by atoms with E-state index < -0.39 is 0 Å². The molecule has 3 nitrogen and oxygen atoms in total. The third-order valence-electron chi connectivity index (χ3n) is 3.98. The SMILES string of the molecule is [3H]N1C(C)(C)CC(N(C)CC(CC)OC)CC1(C)C. The van der Waals surface area contributed by atoms with E-state index in [0.717, 1.165) is 25.8 Å². The van der Waals surface area contributed by atoms with E-state index in [4.69, 9.17) is 6.15 Å². The van der Waals surface area contributed by atoms with Crippen molar-refractivity contribution in [1.82, 2.24) is 10.2 Å². The zero-order valence-corrected chi connectivity index (χ0v) is 13.3. The summed E-state index contributed by atoms with van der Waals surface area (Å²) in [4.78, 5) is 2.42. The predicted molar refractivity (Wildman–Crippen MR) is 78.0 cm³/mol. The lowest BCUT2D eigenvalue weighted by atomic mass is 9.79. The lowest BCUT2D eigenvalue weighted by molar-refractivity contribution is 0.0262. The van der Waals surface area contributed by atoms with E-state index in [-0.39, 0.29) is 11.1 Å². The normalized spacial score (nSPS) is 27.2. The quantitative estimate of drug-likeness (QED) is 0.820. The minimum Gasteiger partial charge on any atom is -0.380 e. The van der Waals surface area contributed by atoms with Crippen molar-refractivity contribution in [2.75, 3.05) is 20.7 Å². The first-order valence-corrected chi connectivity index (χ1v) is 7.16. The van der Waals surface area contributed by atoms with Crippen molar-refractivity contribution >= 4 is 0 Å². The number of nitrogens with one attached hydrogen (secondary N) is 1. The molecule has 0 aromatic heterocycles. The first kappa shape index (κ1) is 14.3. The second-order valence-corrected chi connectivity index (χ2v) is 7.00. The summed E-state index contributed by atoms with van der Waals surface area (Å²) in [5.74, 6) is 0. The first-order chi connectivity index (χ1) is 8.64. The van der Waals surface area contributed by atoms with E-state index in [1.165, 1.54) is 0 Å². The molecule has 1 saturated heterocycles. The summed E-state index contributed by atoms with van der Waals surface area (Å²) < 4.78 is 13.8. The van der Waals surface area contributed by atoms with E-state index in [1.807, 2.05) is 0 Å². The largest absolute Gasteiger partial charge is 0.380 e. The van der Waals surface area contributed by atoms with Crippen LogP contribution in [0.2, 0.25) is 1.41 Å². The number of piperidine rings is 1. The molecule has 1 N–H and O–H groups in total. The molecule has 0 aliphatic carbocycles. The van der Waals surface area contributed by atoms with Crippen LogP contribution in [0.4, 0.5) is 0 Å². The zero-order chi connectivity index (χ0) is 14.8. The minimum absolute atomic E-state index is 0.0739. The van der Waals surface area contributed by atoms with E-state index in [2.05, 4.69) is 46.6 Å². The van der Waals surface area contributed by atoms with Crippen LogP contribution in [0.15, 0.2) is 0 Å². The molecule has 1 fully saturated rings. The van der Waals surface area contributed by atoms with Crippen LogP contribution in [0.1, 0.15) is 53.9 Å². The molecule has 0 radical (unpaired) electrons. The van der Waals surface area contributed by atoms with Crippen LogP contribution >= 0.6 is 0 Å². The highest BCUT2D eigenvalue weighted by atomic mass is 16.5. The van der Waals surface area contributed by atoms with Crippen molar-refractivity contribution in [3.63, 3.8) is 0 Å². The molecule has 3 heteroatoms. The second-order valence-electron chi connectivity index (χ2n) is 7.00.